The maximum absolute atomic E-state index is 5.88. The molecule has 0 saturated heterocycles. The van der Waals surface area contributed by atoms with Gasteiger partial charge < -0.3 is 5.32 Å². The number of para-hydroxylation sites is 1. The summed E-state index contributed by atoms with van der Waals surface area (Å²) in [7, 11) is 0. The maximum atomic E-state index is 5.88. The summed E-state index contributed by atoms with van der Waals surface area (Å²) in [5, 5.41) is 10.8. The van der Waals surface area contributed by atoms with Crippen LogP contribution in [0.3, 0.4) is 0 Å². The van der Waals surface area contributed by atoms with Crippen molar-refractivity contribution in [2.45, 2.75) is 9.37 Å². The van der Waals surface area contributed by atoms with Gasteiger partial charge >= 0.3 is 0 Å². The molecular weight excluding hydrogens is 300 g/mol. The molecule has 0 aliphatic carbocycles. The van der Waals surface area contributed by atoms with Crippen molar-refractivity contribution in [3.05, 3.63) is 46.8 Å². The summed E-state index contributed by atoms with van der Waals surface area (Å²) in [4.78, 5) is 4.36. The van der Waals surface area contributed by atoms with Crippen molar-refractivity contribution in [1.82, 2.24) is 15.2 Å². The largest absolute Gasteiger partial charge is 0.325 e. The van der Waals surface area contributed by atoms with Crippen molar-refractivity contribution in [2.24, 2.45) is 0 Å². The lowest BCUT2D eigenvalue weighted by Gasteiger charge is -1.99. The molecule has 2 N–H and O–H groups in total. The second-order valence-electron chi connectivity index (χ2n) is 3.62. The average molecular weight is 309 g/mol. The van der Waals surface area contributed by atoms with Gasteiger partial charge in [-0.2, -0.15) is 4.98 Å². The minimum absolute atomic E-state index is 0.622. The molecule has 2 heterocycles. The first-order chi connectivity index (χ1) is 9.29. The molecule has 4 nitrogen and oxygen atoms in total. The quantitative estimate of drug-likeness (QED) is 0.749. The highest BCUT2D eigenvalue weighted by Crippen LogP contribution is 2.33. The lowest BCUT2D eigenvalue weighted by atomic mass is 10.3. The van der Waals surface area contributed by atoms with Crippen LogP contribution in [0.1, 0.15) is 0 Å². The number of nitrogens with zero attached hydrogens (tertiary/aromatic N) is 2. The molecule has 7 heteroatoms. The number of halogens is 1. The Morgan fingerprint density at radius 1 is 1.16 bits per heavy atom. The fraction of sp³-hybridized carbons (Fsp3) is 0. The molecule has 0 unspecified atom stereocenters. The van der Waals surface area contributed by atoms with Crippen LogP contribution < -0.4 is 5.32 Å². The van der Waals surface area contributed by atoms with E-state index in [1.807, 2.05) is 42.5 Å². The summed E-state index contributed by atoms with van der Waals surface area (Å²) >= 11 is 8.87. The number of nitrogens with one attached hydrogen (secondary N) is 2. The molecule has 96 valence electrons. The van der Waals surface area contributed by atoms with Gasteiger partial charge in [-0.1, -0.05) is 29.8 Å². The lowest BCUT2D eigenvalue weighted by molar-refractivity contribution is 0.975. The van der Waals surface area contributed by atoms with E-state index in [4.69, 9.17) is 11.6 Å². The third-order valence-electron chi connectivity index (χ3n) is 2.24. The second-order valence-corrected chi connectivity index (χ2v) is 6.60. The highest BCUT2D eigenvalue weighted by atomic mass is 35.5. The first kappa shape index (κ1) is 12.5. The van der Waals surface area contributed by atoms with E-state index in [-0.39, 0.29) is 0 Å². The zero-order chi connectivity index (χ0) is 13.1. The Labute approximate surface area is 123 Å². The van der Waals surface area contributed by atoms with Crippen LogP contribution in [0.2, 0.25) is 4.34 Å². The summed E-state index contributed by atoms with van der Waals surface area (Å²) in [5.74, 6) is 0.622. The standard InChI is InChI=1S/C12H9ClN4S2/c13-9-6-7-10(18-9)19-12-15-11(16-17-12)14-8-4-2-1-3-5-8/h1-7H,(H2,14,15,16,17). The third kappa shape index (κ3) is 3.28. The predicted octanol–water partition coefficient (Wildman–Crippen LogP) is 4.41. The fourth-order valence-corrected chi connectivity index (χ4v) is 3.57. The Hall–Kier alpha value is -1.50. The molecule has 0 aliphatic heterocycles. The van der Waals surface area contributed by atoms with E-state index in [0.717, 1.165) is 14.2 Å². The summed E-state index contributed by atoms with van der Waals surface area (Å²) in [6.07, 6.45) is 0. The van der Waals surface area contributed by atoms with Crippen LogP contribution in [0, 0.1) is 0 Å². The van der Waals surface area contributed by atoms with Gasteiger partial charge in [-0.15, -0.1) is 16.4 Å². The van der Waals surface area contributed by atoms with Crippen LogP contribution >= 0.6 is 34.7 Å². The number of thiophene rings is 1. The number of aromatic amines is 1. The monoisotopic (exact) mass is 308 g/mol. The number of aromatic nitrogens is 3. The molecule has 0 spiro atoms. The molecule has 19 heavy (non-hydrogen) atoms. The van der Waals surface area contributed by atoms with Crippen molar-refractivity contribution in [1.29, 1.82) is 0 Å². The van der Waals surface area contributed by atoms with Crippen LogP contribution in [0.25, 0.3) is 0 Å². The van der Waals surface area contributed by atoms with E-state index in [0.29, 0.717) is 11.1 Å². The Kier molecular flexibility index (Phi) is 3.72. The number of hydrogen-bond acceptors (Lipinski definition) is 5. The molecule has 0 aliphatic rings. The topological polar surface area (TPSA) is 53.6 Å². The molecule has 2 aromatic heterocycles. The second kappa shape index (κ2) is 5.64. The molecule has 0 saturated carbocycles. The van der Waals surface area contributed by atoms with Gasteiger partial charge in [-0.3, -0.25) is 0 Å². The van der Waals surface area contributed by atoms with Crippen molar-refractivity contribution in [3.8, 4) is 0 Å². The number of rotatable bonds is 4. The number of H-pyrrole nitrogens is 1. The van der Waals surface area contributed by atoms with Gasteiger partial charge in [0.25, 0.3) is 0 Å². The van der Waals surface area contributed by atoms with E-state index in [1.54, 1.807) is 0 Å². The Bertz CT molecular complexity index is 665. The van der Waals surface area contributed by atoms with Crippen LogP contribution in [0.5, 0.6) is 0 Å². The molecule has 1 aromatic carbocycles. The fourth-order valence-electron chi connectivity index (χ4n) is 1.45. The minimum atomic E-state index is 0.622. The normalized spacial score (nSPS) is 10.6. The Balaban J connectivity index is 1.69. The van der Waals surface area contributed by atoms with Crippen LogP contribution in [-0.4, -0.2) is 15.2 Å². The van der Waals surface area contributed by atoms with Crippen LogP contribution in [0.15, 0.2) is 51.8 Å². The van der Waals surface area contributed by atoms with E-state index in [9.17, 15) is 0 Å². The molecule has 0 fully saturated rings. The highest BCUT2D eigenvalue weighted by molar-refractivity contribution is 8.01. The van der Waals surface area contributed by atoms with Crippen molar-refractivity contribution in [3.63, 3.8) is 0 Å². The van der Waals surface area contributed by atoms with E-state index < -0.39 is 0 Å². The lowest BCUT2D eigenvalue weighted by Crippen LogP contribution is -1.91. The zero-order valence-electron chi connectivity index (χ0n) is 9.63. The summed E-state index contributed by atoms with van der Waals surface area (Å²) < 4.78 is 1.83. The smallest absolute Gasteiger partial charge is 0.223 e. The van der Waals surface area contributed by atoms with Gasteiger partial charge in [-0.25, -0.2) is 5.10 Å². The first-order valence-electron chi connectivity index (χ1n) is 5.47. The summed E-state index contributed by atoms with van der Waals surface area (Å²) in [6.45, 7) is 0. The molecule has 3 aromatic rings. The van der Waals surface area contributed by atoms with Gasteiger partial charge in [0.1, 0.15) is 0 Å². The van der Waals surface area contributed by atoms with E-state index in [1.165, 1.54) is 23.1 Å². The van der Waals surface area contributed by atoms with Gasteiger partial charge in [0.05, 0.1) is 8.55 Å². The molecule has 0 radical (unpaired) electrons. The number of anilines is 2. The Morgan fingerprint density at radius 3 is 2.74 bits per heavy atom. The summed E-state index contributed by atoms with van der Waals surface area (Å²) in [5.41, 5.74) is 0.967. The molecule has 0 bridgehead atoms. The van der Waals surface area contributed by atoms with Crippen molar-refractivity contribution in [2.75, 3.05) is 5.32 Å². The van der Waals surface area contributed by atoms with E-state index >= 15 is 0 Å². The van der Waals surface area contributed by atoms with Crippen molar-refractivity contribution < 1.29 is 0 Å². The highest BCUT2D eigenvalue weighted by Gasteiger charge is 2.07. The SMILES string of the molecule is Clc1ccc(Sc2n[nH]c(Nc3ccccc3)n2)s1. The van der Waals surface area contributed by atoms with Gasteiger partial charge in [0.2, 0.25) is 11.1 Å². The average Bonchev–Trinajstić information content (AvgIpc) is 3.01. The van der Waals surface area contributed by atoms with Crippen LogP contribution in [0.4, 0.5) is 11.6 Å². The van der Waals surface area contributed by atoms with Crippen LogP contribution in [-0.2, 0) is 0 Å². The Morgan fingerprint density at radius 2 is 2.00 bits per heavy atom. The predicted molar refractivity (Wildman–Crippen MR) is 79.6 cm³/mol. The molecular formula is C12H9ClN4S2. The van der Waals surface area contributed by atoms with Crippen molar-refractivity contribution >= 4 is 46.3 Å². The summed E-state index contributed by atoms with van der Waals surface area (Å²) in [6, 6.07) is 13.6. The van der Waals surface area contributed by atoms with Gasteiger partial charge in [0.15, 0.2) is 0 Å². The zero-order valence-corrected chi connectivity index (χ0v) is 12.0. The van der Waals surface area contributed by atoms with Gasteiger partial charge in [0, 0.05) is 5.69 Å². The maximum Gasteiger partial charge on any atom is 0.223 e. The number of hydrogen-bond donors (Lipinski definition) is 2. The minimum Gasteiger partial charge on any atom is -0.325 e. The molecule has 3 rings (SSSR count). The molecule has 0 atom stereocenters. The third-order valence-corrected chi connectivity index (χ3v) is 4.47. The first-order valence-corrected chi connectivity index (χ1v) is 7.48. The van der Waals surface area contributed by atoms with E-state index in [2.05, 4.69) is 20.5 Å². The van der Waals surface area contributed by atoms with Gasteiger partial charge in [-0.05, 0) is 36.0 Å². The number of benzene rings is 1. The molecule has 0 amide bonds.